The van der Waals surface area contributed by atoms with E-state index in [-0.39, 0.29) is 29.8 Å². The number of carbonyl (C=O) groups is 2. The molecule has 0 aromatic carbocycles. The number of allylic oxidation sites excluding steroid dienone is 1. The van der Waals surface area contributed by atoms with Gasteiger partial charge in [-0.15, -0.1) is 0 Å². The van der Waals surface area contributed by atoms with Crippen LogP contribution >= 0.6 is 0 Å². The zero-order chi connectivity index (χ0) is 17.7. The molecule has 0 spiro atoms. The van der Waals surface area contributed by atoms with Crippen molar-refractivity contribution < 1.29 is 19.4 Å². The Morgan fingerprint density at radius 3 is 2.72 bits per heavy atom. The van der Waals surface area contributed by atoms with Crippen LogP contribution in [0.4, 0.5) is 0 Å². The lowest BCUT2D eigenvalue weighted by Crippen LogP contribution is -2.42. The minimum Gasteiger partial charge on any atom is -0.480 e. The minimum atomic E-state index is -0.779. The molecule has 4 fully saturated rings. The van der Waals surface area contributed by atoms with Gasteiger partial charge in [-0.25, -0.2) is 0 Å². The Labute approximate surface area is 148 Å². The van der Waals surface area contributed by atoms with Gasteiger partial charge in [0.15, 0.2) is 0 Å². The van der Waals surface area contributed by atoms with E-state index < -0.39 is 12.0 Å². The van der Waals surface area contributed by atoms with Crippen LogP contribution in [-0.4, -0.2) is 47.2 Å². The van der Waals surface area contributed by atoms with Crippen molar-refractivity contribution in [3.05, 3.63) is 24.3 Å². The quantitative estimate of drug-likeness (QED) is 0.629. The normalized spacial score (nSPS) is 41.4. The second-order valence-corrected chi connectivity index (χ2v) is 8.19. The van der Waals surface area contributed by atoms with Crippen LogP contribution in [0.25, 0.3) is 0 Å². The molecule has 5 nitrogen and oxygen atoms in total. The number of hydrogen-bond acceptors (Lipinski definition) is 4. The second kappa shape index (κ2) is 6.27. The van der Waals surface area contributed by atoms with Crippen LogP contribution < -0.4 is 0 Å². The molecule has 2 aliphatic carbocycles. The van der Waals surface area contributed by atoms with Gasteiger partial charge in [0.1, 0.15) is 12.1 Å². The number of carboxylic acids is 1. The summed E-state index contributed by atoms with van der Waals surface area (Å²) in [6.45, 7) is 9.80. The van der Waals surface area contributed by atoms with E-state index in [4.69, 9.17) is 4.74 Å². The number of carboxylic acid groups (broad SMARTS) is 1. The number of nitrogens with zero attached hydrogens (tertiary/aromatic N) is 1. The number of esters is 1. The molecule has 0 bridgehead atoms. The monoisotopic (exact) mass is 345 g/mol. The molecule has 2 heterocycles. The zero-order valence-corrected chi connectivity index (χ0v) is 14.7. The molecule has 5 heteroatoms. The molecule has 2 saturated heterocycles. The van der Waals surface area contributed by atoms with E-state index in [9.17, 15) is 14.7 Å². The summed E-state index contributed by atoms with van der Waals surface area (Å²) in [5, 5.41) is 9.41. The number of carbonyl (C=O) groups excluding carboxylic acids is 1. The third-order valence-electron chi connectivity index (χ3n) is 6.93. The first kappa shape index (κ1) is 16.8. The summed E-state index contributed by atoms with van der Waals surface area (Å²) in [5.41, 5.74) is 2.47. The van der Waals surface area contributed by atoms with E-state index in [0.717, 1.165) is 38.6 Å². The van der Waals surface area contributed by atoms with Crippen LogP contribution in [0.15, 0.2) is 24.3 Å². The van der Waals surface area contributed by atoms with Crippen LogP contribution in [0.1, 0.15) is 38.5 Å². The van der Waals surface area contributed by atoms with E-state index in [1.807, 2.05) is 4.90 Å². The van der Waals surface area contributed by atoms with Gasteiger partial charge in [0.25, 0.3) is 0 Å². The number of rotatable bonds is 3. The van der Waals surface area contributed by atoms with E-state index in [1.54, 1.807) is 0 Å². The molecule has 4 aliphatic rings. The molecule has 136 valence electrons. The molecule has 2 saturated carbocycles. The van der Waals surface area contributed by atoms with E-state index >= 15 is 0 Å². The van der Waals surface area contributed by atoms with Gasteiger partial charge in [0, 0.05) is 18.4 Å². The molecule has 1 N–H and O–H groups in total. The third kappa shape index (κ3) is 2.73. The van der Waals surface area contributed by atoms with Crippen molar-refractivity contribution in [3.63, 3.8) is 0 Å². The SMILES string of the molecule is C=C1CC[C@H]2C(=C)CC[C@H]3[C@H](OC(=O)[C@@H]3CN3CCC[C@H]3C(=O)O)[C@@H]12. The highest BCUT2D eigenvalue weighted by molar-refractivity contribution is 5.77. The molecule has 6 atom stereocenters. The minimum absolute atomic E-state index is 0.0948. The van der Waals surface area contributed by atoms with Gasteiger partial charge in [-0.1, -0.05) is 24.3 Å². The van der Waals surface area contributed by atoms with Gasteiger partial charge in [-0.3, -0.25) is 14.5 Å². The number of hydrogen-bond donors (Lipinski definition) is 1. The molecular formula is C20H27NO4. The third-order valence-corrected chi connectivity index (χ3v) is 6.93. The van der Waals surface area contributed by atoms with Gasteiger partial charge in [0.05, 0.1) is 5.92 Å². The average molecular weight is 345 g/mol. The van der Waals surface area contributed by atoms with Crippen LogP contribution in [0, 0.1) is 23.7 Å². The summed E-state index contributed by atoms with van der Waals surface area (Å²) in [5.74, 6) is -0.375. The van der Waals surface area contributed by atoms with Gasteiger partial charge in [-0.2, -0.15) is 0 Å². The molecule has 0 aromatic heterocycles. The fraction of sp³-hybridized carbons (Fsp3) is 0.700. The lowest BCUT2D eigenvalue weighted by molar-refractivity contribution is -0.148. The maximum Gasteiger partial charge on any atom is 0.320 e. The molecule has 2 aliphatic heterocycles. The lowest BCUT2D eigenvalue weighted by atomic mass is 9.79. The van der Waals surface area contributed by atoms with E-state index in [0.29, 0.717) is 18.9 Å². The highest BCUT2D eigenvalue weighted by Crippen LogP contribution is 2.52. The Balaban J connectivity index is 1.56. The lowest BCUT2D eigenvalue weighted by Gasteiger charge is -2.28. The van der Waals surface area contributed by atoms with Crippen molar-refractivity contribution in [2.24, 2.45) is 23.7 Å². The van der Waals surface area contributed by atoms with Gasteiger partial charge in [-0.05, 0) is 51.0 Å². The summed E-state index contributed by atoms with van der Waals surface area (Å²) in [6.07, 6.45) is 5.36. The van der Waals surface area contributed by atoms with Crippen molar-refractivity contribution in [2.45, 2.75) is 50.7 Å². The molecule has 25 heavy (non-hydrogen) atoms. The van der Waals surface area contributed by atoms with Crippen molar-refractivity contribution >= 4 is 11.9 Å². The molecular weight excluding hydrogens is 318 g/mol. The summed E-state index contributed by atoms with van der Waals surface area (Å²) in [7, 11) is 0. The molecule has 0 amide bonds. The maximum absolute atomic E-state index is 12.6. The van der Waals surface area contributed by atoms with Gasteiger partial charge >= 0.3 is 11.9 Å². The number of likely N-dealkylation sites (tertiary alicyclic amines) is 1. The van der Waals surface area contributed by atoms with E-state index in [1.165, 1.54) is 11.1 Å². The summed E-state index contributed by atoms with van der Waals surface area (Å²) in [6, 6.07) is -0.457. The van der Waals surface area contributed by atoms with Crippen molar-refractivity contribution in [2.75, 3.05) is 13.1 Å². The van der Waals surface area contributed by atoms with Gasteiger partial charge < -0.3 is 9.84 Å². The Morgan fingerprint density at radius 1 is 1.20 bits per heavy atom. The summed E-state index contributed by atoms with van der Waals surface area (Å²) >= 11 is 0. The number of ether oxygens (including phenoxy) is 1. The molecule has 0 radical (unpaired) electrons. The Kier molecular flexibility index (Phi) is 4.22. The average Bonchev–Trinajstić information content (AvgIpc) is 3.22. The summed E-state index contributed by atoms with van der Waals surface area (Å²) < 4.78 is 5.88. The maximum atomic E-state index is 12.6. The highest BCUT2D eigenvalue weighted by Gasteiger charge is 2.54. The van der Waals surface area contributed by atoms with Crippen molar-refractivity contribution in [3.8, 4) is 0 Å². The summed E-state index contributed by atoms with van der Waals surface area (Å²) in [4.78, 5) is 26.1. The molecule has 0 unspecified atom stereocenters. The zero-order valence-electron chi connectivity index (χ0n) is 14.7. The predicted molar refractivity (Wildman–Crippen MR) is 92.8 cm³/mol. The number of aliphatic carboxylic acids is 1. The van der Waals surface area contributed by atoms with Crippen LogP contribution in [0.3, 0.4) is 0 Å². The number of fused-ring (bicyclic) bond motifs is 3. The largest absolute Gasteiger partial charge is 0.480 e. The van der Waals surface area contributed by atoms with Gasteiger partial charge in [0.2, 0.25) is 0 Å². The topological polar surface area (TPSA) is 66.8 Å². The second-order valence-electron chi connectivity index (χ2n) is 8.19. The van der Waals surface area contributed by atoms with Crippen LogP contribution in [0.2, 0.25) is 0 Å². The first-order valence-electron chi connectivity index (χ1n) is 9.50. The molecule has 4 rings (SSSR count). The first-order chi connectivity index (χ1) is 12.0. The van der Waals surface area contributed by atoms with E-state index in [2.05, 4.69) is 13.2 Å². The highest BCUT2D eigenvalue weighted by atomic mass is 16.6. The van der Waals surface area contributed by atoms with Crippen LogP contribution in [0.5, 0.6) is 0 Å². The van der Waals surface area contributed by atoms with Crippen LogP contribution in [-0.2, 0) is 14.3 Å². The fourth-order valence-electron chi connectivity index (χ4n) is 5.63. The Bertz CT molecular complexity index is 627. The van der Waals surface area contributed by atoms with Crippen molar-refractivity contribution in [1.29, 1.82) is 0 Å². The molecule has 0 aromatic rings. The predicted octanol–water partition coefficient (Wildman–Crippen LogP) is 2.63. The standard InChI is InChI=1S/C20H27NO4/c1-11-5-8-14-15(10-21-9-3-4-16(21)19(22)23)20(24)25-18(14)17-12(2)6-7-13(11)17/h13-18H,1-10H2,(H,22,23)/t13-,14+,15+,16-,17-,18-/m0/s1. The first-order valence-corrected chi connectivity index (χ1v) is 9.50. The fourth-order valence-corrected chi connectivity index (χ4v) is 5.63. The smallest absolute Gasteiger partial charge is 0.320 e. The Morgan fingerprint density at radius 2 is 1.96 bits per heavy atom. The van der Waals surface area contributed by atoms with Crippen molar-refractivity contribution in [1.82, 2.24) is 4.90 Å². The Hall–Kier alpha value is -1.62.